The third kappa shape index (κ3) is 5.49. The van der Waals surface area contributed by atoms with Gasteiger partial charge in [0.15, 0.2) is 6.61 Å². The number of benzene rings is 2. The Kier molecular flexibility index (Phi) is 7.04. The van der Waals surface area contributed by atoms with Crippen LogP contribution in [0.1, 0.15) is 25.3 Å². The summed E-state index contributed by atoms with van der Waals surface area (Å²) in [4.78, 5) is 24.5. The fourth-order valence-corrected chi connectivity index (χ4v) is 2.71. The summed E-state index contributed by atoms with van der Waals surface area (Å²) in [5.41, 5.74) is 1.38. The summed E-state index contributed by atoms with van der Waals surface area (Å²) in [7, 11) is 1.55. The van der Waals surface area contributed by atoms with Crippen LogP contribution in [-0.4, -0.2) is 25.6 Å². The van der Waals surface area contributed by atoms with Gasteiger partial charge in [0.2, 0.25) is 0 Å². The second-order valence-electron chi connectivity index (χ2n) is 6.16. The maximum absolute atomic E-state index is 12.5. The van der Waals surface area contributed by atoms with Crippen LogP contribution in [0.4, 0.5) is 5.69 Å². The zero-order valence-electron chi connectivity index (χ0n) is 15.0. The lowest BCUT2D eigenvalue weighted by Crippen LogP contribution is -2.26. The maximum Gasteiger partial charge on any atom is 0.314 e. The molecule has 0 heterocycles. The third-order valence-electron chi connectivity index (χ3n) is 3.85. The van der Waals surface area contributed by atoms with Gasteiger partial charge in [-0.25, -0.2) is 0 Å². The van der Waals surface area contributed by atoms with E-state index in [1.807, 2.05) is 13.8 Å². The summed E-state index contributed by atoms with van der Waals surface area (Å²) in [5, 5.41) is 3.27. The molecule has 2 aromatic carbocycles. The standard InChI is InChI=1S/C20H22ClNO4/c1-13(2)19(14-7-9-15(21)10-8-14)20(24)26-12-18(23)22-16-5-4-6-17(11-16)25-3/h4-11,13,19H,12H2,1-3H3,(H,22,23)/t19-/m1/s1. The molecule has 26 heavy (non-hydrogen) atoms. The van der Waals surface area contributed by atoms with Crippen molar-refractivity contribution in [2.24, 2.45) is 5.92 Å². The van der Waals surface area contributed by atoms with E-state index in [1.54, 1.807) is 55.6 Å². The first-order chi connectivity index (χ1) is 12.4. The summed E-state index contributed by atoms with van der Waals surface area (Å²) < 4.78 is 10.3. The molecule has 6 heteroatoms. The summed E-state index contributed by atoms with van der Waals surface area (Å²) in [6.07, 6.45) is 0. The van der Waals surface area contributed by atoms with Crippen LogP contribution in [0, 0.1) is 5.92 Å². The van der Waals surface area contributed by atoms with Crippen LogP contribution in [0.5, 0.6) is 5.75 Å². The first-order valence-corrected chi connectivity index (χ1v) is 8.64. The fraction of sp³-hybridized carbons (Fsp3) is 0.300. The van der Waals surface area contributed by atoms with E-state index in [9.17, 15) is 9.59 Å². The Morgan fingerprint density at radius 2 is 1.81 bits per heavy atom. The Bertz CT molecular complexity index is 759. The van der Waals surface area contributed by atoms with E-state index in [2.05, 4.69) is 5.32 Å². The van der Waals surface area contributed by atoms with Crippen LogP contribution in [-0.2, 0) is 14.3 Å². The first kappa shape index (κ1) is 19.8. The molecule has 1 amide bonds. The van der Waals surface area contributed by atoms with Crippen LogP contribution in [0.25, 0.3) is 0 Å². The Morgan fingerprint density at radius 3 is 2.42 bits per heavy atom. The van der Waals surface area contributed by atoms with Gasteiger partial charge >= 0.3 is 5.97 Å². The lowest BCUT2D eigenvalue weighted by atomic mass is 9.88. The van der Waals surface area contributed by atoms with Gasteiger partial charge < -0.3 is 14.8 Å². The Labute approximate surface area is 158 Å². The molecule has 0 fully saturated rings. The van der Waals surface area contributed by atoms with Crippen molar-refractivity contribution < 1.29 is 19.1 Å². The minimum Gasteiger partial charge on any atom is -0.497 e. The Balaban J connectivity index is 1.96. The van der Waals surface area contributed by atoms with Gasteiger partial charge in [0.1, 0.15) is 5.75 Å². The number of anilines is 1. The van der Waals surface area contributed by atoms with Gasteiger partial charge in [-0.1, -0.05) is 43.6 Å². The fourth-order valence-electron chi connectivity index (χ4n) is 2.59. The van der Waals surface area contributed by atoms with Crippen molar-refractivity contribution in [2.45, 2.75) is 19.8 Å². The molecule has 0 radical (unpaired) electrons. The molecule has 0 saturated heterocycles. The molecule has 0 bridgehead atoms. The van der Waals surface area contributed by atoms with Crippen molar-refractivity contribution >= 4 is 29.2 Å². The predicted molar refractivity (Wildman–Crippen MR) is 102 cm³/mol. The van der Waals surface area contributed by atoms with E-state index < -0.39 is 17.8 Å². The highest BCUT2D eigenvalue weighted by molar-refractivity contribution is 6.30. The molecule has 2 aromatic rings. The second-order valence-corrected chi connectivity index (χ2v) is 6.60. The number of amides is 1. The van der Waals surface area contributed by atoms with Gasteiger partial charge in [-0.2, -0.15) is 0 Å². The van der Waals surface area contributed by atoms with Crippen LogP contribution >= 0.6 is 11.6 Å². The summed E-state index contributed by atoms with van der Waals surface area (Å²) in [5.74, 6) is -0.669. The van der Waals surface area contributed by atoms with Gasteiger partial charge in [0, 0.05) is 16.8 Å². The van der Waals surface area contributed by atoms with Crippen LogP contribution in [0.3, 0.4) is 0 Å². The molecule has 0 unspecified atom stereocenters. The van der Waals surface area contributed by atoms with E-state index in [0.29, 0.717) is 16.5 Å². The molecule has 2 rings (SSSR count). The molecule has 5 nitrogen and oxygen atoms in total. The quantitative estimate of drug-likeness (QED) is 0.734. The predicted octanol–water partition coefficient (Wildman–Crippen LogP) is 4.27. The third-order valence-corrected chi connectivity index (χ3v) is 4.10. The van der Waals surface area contributed by atoms with Crippen molar-refractivity contribution in [3.63, 3.8) is 0 Å². The van der Waals surface area contributed by atoms with Crippen molar-refractivity contribution in [3.05, 3.63) is 59.1 Å². The minimum atomic E-state index is -0.461. The SMILES string of the molecule is COc1cccc(NC(=O)COC(=O)[C@@H](c2ccc(Cl)cc2)C(C)C)c1. The van der Waals surface area contributed by atoms with Gasteiger partial charge in [-0.3, -0.25) is 9.59 Å². The molecule has 138 valence electrons. The molecule has 1 N–H and O–H groups in total. The maximum atomic E-state index is 12.5. The highest BCUT2D eigenvalue weighted by atomic mass is 35.5. The number of methoxy groups -OCH3 is 1. The van der Waals surface area contributed by atoms with Crippen LogP contribution in [0.2, 0.25) is 5.02 Å². The number of rotatable bonds is 7. The van der Waals surface area contributed by atoms with Gasteiger partial charge in [0.25, 0.3) is 5.91 Å². The number of hydrogen-bond donors (Lipinski definition) is 1. The Morgan fingerprint density at radius 1 is 1.12 bits per heavy atom. The monoisotopic (exact) mass is 375 g/mol. The van der Waals surface area contributed by atoms with Crippen molar-refractivity contribution in [2.75, 3.05) is 19.0 Å². The number of ether oxygens (including phenoxy) is 2. The van der Waals surface area contributed by atoms with Crippen molar-refractivity contribution in [3.8, 4) is 5.75 Å². The molecule has 0 spiro atoms. The van der Waals surface area contributed by atoms with E-state index in [1.165, 1.54) is 0 Å². The van der Waals surface area contributed by atoms with Gasteiger partial charge in [-0.15, -0.1) is 0 Å². The lowest BCUT2D eigenvalue weighted by Gasteiger charge is -2.20. The number of hydrogen-bond acceptors (Lipinski definition) is 4. The molecular formula is C20H22ClNO4. The highest BCUT2D eigenvalue weighted by Gasteiger charge is 2.26. The van der Waals surface area contributed by atoms with E-state index in [0.717, 1.165) is 5.56 Å². The summed E-state index contributed by atoms with van der Waals surface area (Å²) >= 11 is 5.90. The van der Waals surface area contributed by atoms with Crippen LogP contribution in [0.15, 0.2) is 48.5 Å². The molecule has 0 saturated carbocycles. The molecule has 0 aliphatic carbocycles. The van der Waals surface area contributed by atoms with E-state index in [4.69, 9.17) is 21.1 Å². The molecule has 0 aliphatic heterocycles. The smallest absolute Gasteiger partial charge is 0.314 e. The molecule has 0 aromatic heterocycles. The average molecular weight is 376 g/mol. The van der Waals surface area contributed by atoms with Gasteiger partial charge in [-0.05, 0) is 35.7 Å². The second kappa shape index (κ2) is 9.25. The van der Waals surface area contributed by atoms with E-state index >= 15 is 0 Å². The summed E-state index contributed by atoms with van der Waals surface area (Å²) in [6.45, 7) is 3.50. The number of nitrogens with one attached hydrogen (secondary N) is 1. The highest BCUT2D eigenvalue weighted by Crippen LogP contribution is 2.27. The number of carbonyl (C=O) groups is 2. The number of halogens is 1. The molecule has 0 aliphatic rings. The number of carbonyl (C=O) groups excluding carboxylic acids is 2. The Hall–Kier alpha value is -2.53. The zero-order valence-corrected chi connectivity index (χ0v) is 15.7. The average Bonchev–Trinajstić information content (AvgIpc) is 2.61. The van der Waals surface area contributed by atoms with Crippen LogP contribution < -0.4 is 10.1 Å². The summed E-state index contributed by atoms with van der Waals surface area (Å²) in [6, 6.07) is 14.0. The van der Waals surface area contributed by atoms with E-state index in [-0.39, 0.29) is 12.5 Å². The topological polar surface area (TPSA) is 64.6 Å². The lowest BCUT2D eigenvalue weighted by molar-refractivity contribution is -0.149. The first-order valence-electron chi connectivity index (χ1n) is 8.26. The normalized spacial score (nSPS) is 11.7. The largest absolute Gasteiger partial charge is 0.497 e. The zero-order chi connectivity index (χ0) is 19.1. The molecule has 1 atom stereocenters. The van der Waals surface area contributed by atoms with Crippen molar-refractivity contribution in [1.82, 2.24) is 0 Å². The van der Waals surface area contributed by atoms with Crippen molar-refractivity contribution in [1.29, 1.82) is 0 Å². The van der Waals surface area contributed by atoms with Gasteiger partial charge in [0.05, 0.1) is 13.0 Å². The number of esters is 1. The minimum absolute atomic E-state index is 0.0186. The molecular weight excluding hydrogens is 354 g/mol.